The molecule has 2 unspecified atom stereocenters. The maximum absolute atomic E-state index is 13.9. The maximum atomic E-state index is 13.9. The van der Waals surface area contributed by atoms with Crippen molar-refractivity contribution >= 4 is 11.9 Å². The third-order valence-electron chi connectivity index (χ3n) is 7.77. The van der Waals surface area contributed by atoms with Crippen LogP contribution in [0.1, 0.15) is 67.4 Å². The van der Waals surface area contributed by atoms with Crippen LogP contribution < -0.4 is 10.9 Å². The molecule has 7 nitrogen and oxygen atoms in total. The largest absolute Gasteiger partial charge is 0.481 e. The van der Waals surface area contributed by atoms with Crippen LogP contribution in [0.3, 0.4) is 0 Å². The molecule has 218 valence electrons. The Bertz CT molecular complexity index is 1440. The minimum atomic E-state index is -1.06. The van der Waals surface area contributed by atoms with Crippen molar-refractivity contribution in [1.29, 1.82) is 0 Å². The average Bonchev–Trinajstić information content (AvgIpc) is 2.86. The van der Waals surface area contributed by atoms with Crippen LogP contribution in [0, 0.1) is 25.6 Å². The summed E-state index contributed by atoms with van der Waals surface area (Å²) in [5.41, 5.74) is 4.56. The molecule has 2 atom stereocenters. The minimum Gasteiger partial charge on any atom is -0.481 e. The molecule has 0 bridgehead atoms. The lowest BCUT2D eigenvalue weighted by molar-refractivity contribution is -0.138. The van der Waals surface area contributed by atoms with Crippen LogP contribution in [-0.4, -0.2) is 46.1 Å². The number of carbonyl (C=O) groups is 2. The topological polar surface area (TPSA) is 91.6 Å². The Labute approximate surface area is 241 Å². The molecule has 1 amide bonds. The highest BCUT2D eigenvalue weighted by molar-refractivity contribution is 5.82. The summed E-state index contributed by atoms with van der Waals surface area (Å²) in [6, 6.07) is 12.0. The van der Waals surface area contributed by atoms with E-state index in [1.165, 1.54) is 29.2 Å². The maximum Gasteiger partial charge on any atom is 0.305 e. The first-order valence-electron chi connectivity index (χ1n) is 14.3. The Balaban J connectivity index is 1.64. The fraction of sp³-hybridized carbons (Fsp3) is 0.424. The van der Waals surface area contributed by atoms with Gasteiger partial charge in [-0.2, -0.15) is 0 Å². The van der Waals surface area contributed by atoms with Gasteiger partial charge in [0.1, 0.15) is 11.9 Å². The number of aliphatic carboxylic acids is 1. The smallest absolute Gasteiger partial charge is 0.305 e. The zero-order valence-corrected chi connectivity index (χ0v) is 24.3. The van der Waals surface area contributed by atoms with Gasteiger partial charge in [-0.3, -0.25) is 14.4 Å². The van der Waals surface area contributed by atoms with Crippen molar-refractivity contribution in [3.8, 4) is 11.1 Å². The van der Waals surface area contributed by atoms with Crippen molar-refractivity contribution in [1.82, 2.24) is 14.8 Å². The van der Waals surface area contributed by atoms with Gasteiger partial charge in [0.05, 0.1) is 12.5 Å². The Morgan fingerprint density at radius 1 is 1.05 bits per heavy atom. The number of hydrogen-bond acceptors (Lipinski definition) is 4. The van der Waals surface area contributed by atoms with E-state index in [1.54, 1.807) is 12.3 Å². The minimum absolute atomic E-state index is 0.119. The number of nitrogens with zero attached hydrogens (tertiary/aromatic N) is 2. The van der Waals surface area contributed by atoms with E-state index in [0.29, 0.717) is 12.0 Å². The second-order valence-electron chi connectivity index (χ2n) is 11.6. The van der Waals surface area contributed by atoms with Crippen LogP contribution in [0.5, 0.6) is 0 Å². The second kappa shape index (κ2) is 13.3. The van der Waals surface area contributed by atoms with E-state index < -0.39 is 24.0 Å². The lowest BCUT2D eigenvalue weighted by Crippen LogP contribution is -2.40. The number of hydrogen-bond donors (Lipinski definition) is 2. The van der Waals surface area contributed by atoms with Crippen molar-refractivity contribution in [3.05, 3.63) is 93.2 Å². The number of pyridine rings is 1. The number of aryl methyl sites for hydroxylation is 2. The molecule has 2 heterocycles. The zero-order chi connectivity index (χ0) is 29.7. The summed E-state index contributed by atoms with van der Waals surface area (Å²) in [5, 5.41) is 12.7. The first kappa shape index (κ1) is 30.2. The van der Waals surface area contributed by atoms with Gasteiger partial charge in [0.25, 0.3) is 5.56 Å². The van der Waals surface area contributed by atoms with E-state index in [4.69, 9.17) is 0 Å². The normalized spacial score (nSPS) is 14.9. The van der Waals surface area contributed by atoms with Crippen LogP contribution >= 0.6 is 0 Å². The van der Waals surface area contributed by atoms with E-state index in [2.05, 4.69) is 10.2 Å². The SMILES string of the molecule is Cc1cc(F)cc(C)c1-c1cccc(C(CC(=O)O)NC(=O)C(CC(C)C)n2cc(CCN3CCC3)ccc2=O)c1. The molecule has 0 spiro atoms. The first-order valence-corrected chi connectivity index (χ1v) is 14.3. The van der Waals surface area contributed by atoms with E-state index in [1.807, 2.05) is 52.0 Å². The number of carboxylic acid groups (broad SMARTS) is 1. The molecule has 1 aliphatic heterocycles. The number of rotatable bonds is 12. The predicted octanol–water partition coefficient (Wildman–Crippen LogP) is 5.44. The van der Waals surface area contributed by atoms with Crippen molar-refractivity contribution in [3.63, 3.8) is 0 Å². The van der Waals surface area contributed by atoms with Gasteiger partial charge >= 0.3 is 5.97 Å². The highest BCUT2D eigenvalue weighted by Gasteiger charge is 2.27. The number of nitrogens with one attached hydrogen (secondary N) is 1. The molecule has 2 N–H and O–H groups in total. The van der Waals surface area contributed by atoms with Crippen molar-refractivity contribution < 1.29 is 19.1 Å². The molecule has 4 rings (SSSR count). The molecule has 3 aromatic rings. The molecule has 1 fully saturated rings. The standard InChI is InChI=1S/C33H40FN3O4/c1-21(2)15-29(37-20-24(9-10-30(37)38)11-14-36-12-6-13-36)33(41)35-28(19-31(39)40)25-7-5-8-26(18-25)32-22(3)16-27(34)17-23(32)4/h5,7-10,16-18,20-21,28-29H,6,11-15,19H2,1-4H3,(H,35,41)(H,39,40). The van der Waals surface area contributed by atoms with E-state index in [9.17, 15) is 23.9 Å². The molecule has 2 aromatic carbocycles. The van der Waals surface area contributed by atoms with Crippen molar-refractivity contribution in [2.75, 3.05) is 19.6 Å². The Morgan fingerprint density at radius 3 is 2.37 bits per heavy atom. The summed E-state index contributed by atoms with van der Waals surface area (Å²) in [6.07, 6.45) is 3.87. The van der Waals surface area contributed by atoms with E-state index in [0.717, 1.165) is 53.9 Å². The van der Waals surface area contributed by atoms with Gasteiger partial charge in [-0.05, 0) is 104 Å². The Kier molecular flexibility index (Phi) is 9.76. The number of benzene rings is 2. The number of aromatic nitrogens is 1. The molecular weight excluding hydrogens is 521 g/mol. The third kappa shape index (κ3) is 7.70. The first-order chi connectivity index (χ1) is 19.5. The molecule has 8 heteroatoms. The quantitative estimate of drug-likeness (QED) is 0.307. The van der Waals surface area contributed by atoms with Crippen molar-refractivity contribution in [2.45, 2.75) is 65.5 Å². The fourth-order valence-corrected chi connectivity index (χ4v) is 5.60. The van der Waals surface area contributed by atoms with Gasteiger partial charge in [0.15, 0.2) is 0 Å². The summed E-state index contributed by atoms with van der Waals surface area (Å²) < 4.78 is 15.4. The highest BCUT2D eigenvalue weighted by Crippen LogP contribution is 2.31. The Morgan fingerprint density at radius 2 is 1.76 bits per heavy atom. The fourth-order valence-electron chi connectivity index (χ4n) is 5.60. The lowest BCUT2D eigenvalue weighted by Gasteiger charge is -2.30. The van der Waals surface area contributed by atoms with Gasteiger partial charge in [-0.1, -0.05) is 38.1 Å². The van der Waals surface area contributed by atoms with Gasteiger partial charge < -0.3 is 19.9 Å². The van der Waals surface area contributed by atoms with E-state index in [-0.39, 0.29) is 23.7 Å². The summed E-state index contributed by atoms with van der Waals surface area (Å²) in [6.45, 7) is 10.7. The average molecular weight is 562 g/mol. The van der Waals surface area contributed by atoms with Gasteiger partial charge in [0, 0.05) is 18.8 Å². The van der Waals surface area contributed by atoms with E-state index >= 15 is 0 Å². The second-order valence-corrected chi connectivity index (χ2v) is 11.6. The van der Waals surface area contributed by atoms with Crippen LogP contribution in [0.4, 0.5) is 4.39 Å². The summed E-state index contributed by atoms with van der Waals surface area (Å²) in [7, 11) is 0. The molecule has 41 heavy (non-hydrogen) atoms. The lowest BCUT2D eigenvalue weighted by atomic mass is 9.92. The summed E-state index contributed by atoms with van der Waals surface area (Å²) >= 11 is 0. The Hall–Kier alpha value is -3.78. The van der Waals surface area contributed by atoms with Gasteiger partial charge in [-0.15, -0.1) is 0 Å². The van der Waals surface area contributed by atoms with Crippen LogP contribution in [-0.2, 0) is 16.0 Å². The third-order valence-corrected chi connectivity index (χ3v) is 7.77. The van der Waals surface area contributed by atoms with Gasteiger partial charge in [-0.25, -0.2) is 4.39 Å². The highest BCUT2D eigenvalue weighted by atomic mass is 19.1. The monoisotopic (exact) mass is 561 g/mol. The van der Waals surface area contributed by atoms with Crippen molar-refractivity contribution in [2.24, 2.45) is 5.92 Å². The number of likely N-dealkylation sites (tertiary alicyclic amines) is 1. The molecule has 0 aliphatic carbocycles. The molecule has 0 saturated carbocycles. The van der Waals surface area contributed by atoms with Crippen LogP contribution in [0.15, 0.2) is 59.5 Å². The summed E-state index contributed by atoms with van der Waals surface area (Å²) in [5.74, 6) is -1.65. The van der Waals surface area contributed by atoms with Crippen LogP contribution in [0.25, 0.3) is 11.1 Å². The summed E-state index contributed by atoms with van der Waals surface area (Å²) in [4.78, 5) is 41.0. The number of carbonyl (C=O) groups excluding carboxylic acids is 1. The van der Waals surface area contributed by atoms with Gasteiger partial charge in [0.2, 0.25) is 5.91 Å². The number of halogens is 1. The molecular formula is C33H40FN3O4. The molecule has 0 radical (unpaired) electrons. The van der Waals surface area contributed by atoms with Crippen LogP contribution in [0.2, 0.25) is 0 Å². The molecule has 1 saturated heterocycles. The molecule has 1 aromatic heterocycles. The molecule has 1 aliphatic rings. The zero-order valence-electron chi connectivity index (χ0n) is 24.3. The number of amides is 1. The number of carboxylic acids is 1. The predicted molar refractivity (Wildman–Crippen MR) is 158 cm³/mol.